The number of amides is 1. The van der Waals surface area contributed by atoms with E-state index in [0.29, 0.717) is 30.1 Å². The summed E-state index contributed by atoms with van der Waals surface area (Å²) < 4.78 is 0. The molecule has 1 atom stereocenters. The van der Waals surface area contributed by atoms with Gasteiger partial charge in [-0.25, -0.2) is 0 Å². The van der Waals surface area contributed by atoms with Crippen molar-refractivity contribution in [2.45, 2.75) is 32.7 Å². The summed E-state index contributed by atoms with van der Waals surface area (Å²) in [6.45, 7) is 5.13. The standard InChI is InChI=1S/C15H21N3O3.ClH/c1-10-9-13(18(20)21)3-4-14(10)15(19)17-7-5-12(6-8-17)11(2)16;/h3-4,9,11-12H,5-8,16H2,1-2H3;1H. The highest BCUT2D eigenvalue weighted by Gasteiger charge is 2.26. The maximum atomic E-state index is 12.5. The number of non-ortho nitro benzene ring substituents is 1. The molecule has 122 valence electrons. The summed E-state index contributed by atoms with van der Waals surface area (Å²) in [5, 5.41) is 10.7. The van der Waals surface area contributed by atoms with Gasteiger partial charge in [-0.05, 0) is 44.2 Å². The van der Waals surface area contributed by atoms with Crippen LogP contribution in [-0.2, 0) is 0 Å². The Kier molecular flexibility index (Phi) is 6.32. The number of aryl methyl sites for hydroxylation is 1. The lowest BCUT2D eigenvalue weighted by atomic mass is 9.90. The number of hydrogen-bond acceptors (Lipinski definition) is 4. The molecule has 2 rings (SSSR count). The Hall–Kier alpha value is -1.66. The molecule has 0 aliphatic carbocycles. The van der Waals surface area contributed by atoms with E-state index in [-0.39, 0.29) is 30.0 Å². The van der Waals surface area contributed by atoms with E-state index in [1.165, 1.54) is 12.1 Å². The van der Waals surface area contributed by atoms with Gasteiger partial charge in [-0.3, -0.25) is 14.9 Å². The Bertz CT molecular complexity index is 555. The van der Waals surface area contributed by atoms with Crippen LogP contribution in [-0.4, -0.2) is 34.9 Å². The summed E-state index contributed by atoms with van der Waals surface area (Å²) in [5.41, 5.74) is 7.10. The van der Waals surface area contributed by atoms with E-state index < -0.39 is 4.92 Å². The fourth-order valence-electron chi connectivity index (χ4n) is 2.80. The average molecular weight is 328 g/mol. The molecule has 22 heavy (non-hydrogen) atoms. The monoisotopic (exact) mass is 327 g/mol. The van der Waals surface area contributed by atoms with Gasteiger partial charge in [-0.2, -0.15) is 0 Å². The molecule has 7 heteroatoms. The first kappa shape index (κ1) is 18.4. The fraction of sp³-hybridized carbons (Fsp3) is 0.533. The van der Waals surface area contributed by atoms with Gasteiger partial charge in [0.2, 0.25) is 0 Å². The van der Waals surface area contributed by atoms with Gasteiger partial charge in [-0.15, -0.1) is 12.4 Å². The highest BCUT2D eigenvalue weighted by atomic mass is 35.5. The number of nitro benzene ring substituents is 1. The van der Waals surface area contributed by atoms with Crippen LogP contribution in [0.1, 0.15) is 35.7 Å². The van der Waals surface area contributed by atoms with Crippen LogP contribution in [0.25, 0.3) is 0 Å². The van der Waals surface area contributed by atoms with Crippen LogP contribution in [0.5, 0.6) is 0 Å². The molecule has 1 saturated heterocycles. The molecular weight excluding hydrogens is 306 g/mol. The van der Waals surface area contributed by atoms with E-state index in [1.807, 2.05) is 11.8 Å². The average Bonchev–Trinajstić information content (AvgIpc) is 2.46. The number of hydrogen-bond donors (Lipinski definition) is 1. The zero-order valence-electron chi connectivity index (χ0n) is 12.8. The number of nitro groups is 1. The lowest BCUT2D eigenvalue weighted by molar-refractivity contribution is -0.384. The number of likely N-dealkylation sites (tertiary alicyclic amines) is 1. The minimum absolute atomic E-state index is 0. The molecule has 1 heterocycles. The maximum Gasteiger partial charge on any atom is 0.269 e. The lowest BCUT2D eigenvalue weighted by Gasteiger charge is -2.34. The highest BCUT2D eigenvalue weighted by molar-refractivity contribution is 5.96. The van der Waals surface area contributed by atoms with E-state index in [4.69, 9.17) is 5.73 Å². The number of halogens is 1. The van der Waals surface area contributed by atoms with Gasteiger partial charge in [0.05, 0.1) is 4.92 Å². The second kappa shape index (κ2) is 7.56. The van der Waals surface area contributed by atoms with Crippen molar-refractivity contribution < 1.29 is 9.72 Å². The van der Waals surface area contributed by atoms with Crippen LogP contribution in [0.2, 0.25) is 0 Å². The Labute approximate surface area is 136 Å². The molecule has 0 radical (unpaired) electrons. The number of carbonyl (C=O) groups is 1. The Balaban J connectivity index is 0.00000242. The third-order valence-corrected chi connectivity index (χ3v) is 4.22. The van der Waals surface area contributed by atoms with E-state index in [0.717, 1.165) is 12.8 Å². The number of nitrogens with two attached hydrogens (primary N) is 1. The predicted molar refractivity (Wildman–Crippen MR) is 87.4 cm³/mol. The fourth-order valence-corrected chi connectivity index (χ4v) is 2.80. The molecule has 6 nitrogen and oxygen atoms in total. The number of rotatable bonds is 3. The highest BCUT2D eigenvalue weighted by Crippen LogP contribution is 2.23. The largest absolute Gasteiger partial charge is 0.339 e. The summed E-state index contributed by atoms with van der Waals surface area (Å²) in [6, 6.07) is 4.54. The topological polar surface area (TPSA) is 89.5 Å². The minimum Gasteiger partial charge on any atom is -0.339 e. The number of benzene rings is 1. The molecule has 1 unspecified atom stereocenters. The number of carbonyl (C=O) groups excluding carboxylic acids is 1. The Morgan fingerprint density at radius 1 is 1.41 bits per heavy atom. The lowest BCUT2D eigenvalue weighted by Crippen LogP contribution is -2.42. The first-order chi connectivity index (χ1) is 9.90. The molecule has 0 saturated carbocycles. The van der Waals surface area contributed by atoms with Gasteiger partial charge in [-0.1, -0.05) is 0 Å². The molecule has 0 spiro atoms. The summed E-state index contributed by atoms with van der Waals surface area (Å²) in [7, 11) is 0. The third kappa shape index (κ3) is 3.96. The summed E-state index contributed by atoms with van der Waals surface area (Å²) in [4.78, 5) is 24.6. The molecule has 1 aliphatic rings. The van der Waals surface area contributed by atoms with Gasteiger partial charge >= 0.3 is 0 Å². The van der Waals surface area contributed by atoms with Crippen LogP contribution in [0.4, 0.5) is 5.69 Å². The van der Waals surface area contributed by atoms with Crippen LogP contribution in [0.15, 0.2) is 18.2 Å². The second-order valence-electron chi connectivity index (χ2n) is 5.75. The van der Waals surface area contributed by atoms with Crippen LogP contribution in [0, 0.1) is 23.0 Å². The molecule has 1 fully saturated rings. The normalized spacial score (nSPS) is 16.8. The van der Waals surface area contributed by atoms with E-state index in [1.54, 1.807) is 13.0 Å². The van der Waals surface area contributed by atoms with Crippen molar-refractivity contribution in [3.8, 4) is 0 Å². The maximum absolute atomic E-state index is 12.5. The van der Waals surface area contributed by atoms with E-state index in [2.05, 4.69) is 0 Å². The number of nitrogens with zero attached hydrogens (tertiary/aromatic N) is 2. The second-order valence-corrected chi connectivity index (χ2v) is 5.75. The van der Waals surface area contributed by atoms with Crippen LogP contribution in [0.3, 0.4) is 0 Å². The van der Waals surface area contributed by atoms with Gasteiger partial charge in [0, 0.05) is 36.8 Å². The van der Waals surface area contributed by atoms with Crippen molar-refractivity contribution >= 4 is 24.0 Å². The quantitative estimate of drug-likeness (QED) is 0.682. The Morgan fingerprint density at radius 2 is 2.00 bits per heavy atom. The van der Waals surface area contributed by atoms with Crippen molar-refractivity contribution in [1.29, 1.82) is 0 Å². The van der Waals surface area contributed by atoms with Crippen molar-refractivity contribution in [3.63, 3.8) is 0 Å². The molecular formula is C15H22ClN3O3. The predicted octanol–water partition coefficient (Wildman–Crippen LogP) is 2.52. The van der Waals surface area contributed by atoms with Gasteiger partial charge < -0.3 is 10.6 Å². The van der Waals surface area contributed by atoms with Crippen molar-refractivity contribution in [1.82, 2.24) is 4.90 Å². The van der Waals surface area contributed by atoms with Crippen LogP contribution < -0.4 is 5.73 Å². The molecule has 2 N–H and O–H groups in total. The first-order valence-corrected chi connectivity index (χ1v) is 7.20. The molecule has 1 aromatic rings. The van der Waals surface area contributed by atoms with E-state index in [9.17, 15) is 14.9 Å². The summed E-state index contributed by atoms with van der Waals surface area (Å²) in [6.07, 6.45) is 1.82. The molecule has 0 bridgehead atoms. The zero-order valence-corrected chi connectivity index (χ0v) is 13.6. The molecule has 1 amide bonds. The van der Waals surface area contributed by atoms with E-state index >= 15 is 0 Å². The zero-order chi connectivity index (χ0) is 15.6. The van der Waals surface area contributed by atoms with Crippen molar-refractivity contribution in [2.24, 2.45) is 11.7 Å². The summed E-state index contributed by atoms with van der Waals surface area (Å²) in [5.74, 6) is 0.414. The first-order valence-electron chi connectivity index (χ1n) is 7.20. The molecule has 0 aromatic heterocycles. The van der Waals surface area contributed by atoms with Gasteiger partial charge in [0.15, 0.2) is 0 Å². The van der Waals surface area contributed by atoms with Gasteiger partial charge in [0.1, 0.15) is 0 Å². The summed E-state index contributed by atoms with van der Waals surface area (Å²) >= 11 is 0. The van der Waals surface area contributed by atoms with Crippen molar-refractivity contribution in [2.75, 3.05) is 13.1 Å². The smallest absolute Gasteiger partial charge is 0.269 e. The molecule has 1 aliphatic heterocycles. The van der Waals surface area contributed by atoms with Crippen LogP contribution >= 0.6 is 12.4 Å². The SMILES string of the molecule is Cc1cc([N+](=O)[O-])ccc1C(=O)N1CCC(C(C)N)CC1.Cl. The molecule has 1 aromatic carbocycles. The number of piperidine rings is 1. The third-order valence-electron chi connectivity index (χ3n) is 4.22. The Morgan fingerprint density at radius 3 is 2.45 bits per heavy atom. The van der Waals surface area contributed by atoms with Gasteiger partial charge in [0.25, 0.3) is 11.6 Å². The minimum atomic E-state index is -0.449. The van der Waals surface area contributed by atoms with Crippen molar-refractivity contribution in [3.05, 3.63) is 39.4 Å².